The van der Waals surface area contributed by atoms with Crippen LogP contribution in [0.4, 0.5) is 0 Å². The molecule has 1 N–H and O–H groups in total. The van der Waals surface area contributed by atoms with Gasteiger partial charge in [0.1, 0.15) is 11.5 Å². The maximum Gasteiger partial charge on any atom is 0.295 e. The van der Waals surface area contributed by atoms with Gasteiger partial charge in [-0.3, -0.25) is 9.59 Å². The van der Waals surface area contributed by atoms with Crippen molar-refractivity contribution in [1.82, 2.24) is 4.90 Å². The third kappa shape index (κ3) is 3.17. The summed E-state index contributed by atoms with van der Waals surface area (Å²) >= 11 is 0. The second-order valence-corrected chi connectivity index (χ2v) is 7.92. The highest BCUT2D eigenvalue weighted by Crippen LogP contribution is 2.40. The van der Waals surface area contributed by atoms with Gasteiger partial charge in [-0.15, -0.1) is 0 Å². The van der Waals surface area contributed by atoms with E-state index >= 15 is 0 Å². The van der Waals surface area contributed by atoms with Gasteiger partial charge in [-0.05, 0) is 42.2 Å². The predicted octanol–water partition coefficient (Wildman–Crippen LogP) is 3.22. The summed E-state index contributed by atoms with van der Waals surface area (Å²) in [6.07, 6.45) is 2.47. The van der Waals surface area contributed by atoms with Crippen molar-refractivity contribution in [3.8, 4) is 5.75 Å². The van der Waals surface area contributed by atoms with Crippen molar-refractivity contribution < 1.29 is 24.2 Å². The molecular weight excluding hydrogens is 382 g/mol. The number of Topliss-reactive ketones (excluding diaryl/α,β-unsaturated/α-hetero) is 1. The number of hydrogen-bond acceptors (Lipinski definition) is 5. The average molecular weight is 405 g/mol. The molecule has 3 aliphatic heterocycles. The Kier molecular flexibility index (Phi) is 4.79. The molecule has 0 spiro atoms. The van der Waals surface area contributed by atoms with Crippen LogP contribution >= 0.6 is 0 Å². The Labute approximate surface area is 174 Å². The first kappa shape index (κ1) is 18.9. The number of aliphatic hydroxyl groups is 1. The number of ketones is 1. The van der Waals surface area contributed by atoms with E-state index in [4.69, 9.17) is 9.47 Å². The van der Waals surface area contributed by atoms with Crippen LogP contribution in [-0.2, 0) is 20.7 Å². The van der Waals surface area contributed by atoms with E-state index in [0.717, 1.165) is 36.1 Å². The smallest absolute Gasteiger partial charge is 0.295 e. The molecule has 3 aliphatic rings. The number of carbonyl (C=O) groups excluding carboxylic acids is 2. The Bertz CT molecular complexity index is 1020. The number of benzene rings is 2. The van der Waals surface area contributed by atoms with Gasteiger partial charge in [-0.25, -0.2) is 0 Å². The van der Waals surface area contributed by atoms with Crippen molar-refractivity contribution in [3.05, 3.63) is 70.8 Å². The fraction of sp³-hybridized carbons (Fsp3) is 0.333. The van der Waals surface area contributed by atoms with Gasteiger partial charge < -0.3 is 19.5 Å². The Hall–Kier alpha value is -3.12. The molecule has 3 heterocycles. The molecule has 0 bridgehead atoms. The zero-order valence-corrected chi connectivity index (χ0v) is 16.5. The molecule has 1 amide bonds. The summed E-state index contributed by atoms with van der Waals surface area (Å²) in [5.74, 6) is -0.599. The Morgan fingerprint density at radius 3 is 2.70 bits per heavy atom. The summed E-state index contributed by atoms with van der Waals surface area (Å²) < 4.78 is 11.3. The minimum Gasteiger partial charge on any atom is -0.507 e. The number of likely N-dealkylation sites (tertiary alicyclic amines) is 1. The molecule has 0 radical (unpaired) electrons. The number of aliphatic hydroxyl groups excluding tert-OH is 1. The molecule has 30 heavy (non-hydrogen) atoms. The van der Waals surface area contributed by atoms with Crippen LogP contribution in [0.15, 0.2) is 54.1 Å². The Balaban J connectivity index is 1.60. The predicted molar refractivity (Wildman–Crippen MR) is 110 cm³/mol. The molecule has 2 aromatic rings. The number of rotatable bonds is 4. The highest BCUT2D eigenvalue weighted by atomic mass is 16.5. The molecule has 5 rings (SSSR count). The summed E-state index contributed by atoms with van der Waals surface area (Å²) in [7, 11) is 0. The van der Waals surface area contributed by atoms with Crippen molar-refractivity contribution >= 4 is 17.4 Å². The Morgan fingerprint density at radius 1 is 1.10 bits per heavy atom. The standard InChI is InChI=1S/C24H23NO5/c26-22(17-8-9-19-16(13-17)10-12-30-19)20-21(15-5-2-1-3-6-15)25(24(28)23(20)27)14-18-7-4-11-29-18/h1-3,5-6,8-9,13,18,21,26H,4,7,10-12,14H2/b22-20-. The normalized spacial score (nSPS) is 24.9. The topological polar surface area (TPSA) is 76.1 Å². The van der Waals surface area contributed by atoms with Crippen LogP contribution in [0.25, 0.3) is 5.76 Å². The van der Waals surface area contributed by atoms with Gasteiger partial charge in [0, 0.05) is 25.1 Å². The van der Waals surface area contributed by atoms with Crippen molar-refractivity contribution in [2.75, 3.05) is 19.8 Å². The summed E-state index contributed by atoms with van der Waals surface area (Å²) in [5.41, 5.74) is 2.43. The molecule has 154 valence electrons. The van der Waals surface area contributed by atoms with E-state index in [1.807, 2.05) is 36.4 Å². The zero-order chi connectivity index (χ0) is 20.7. The van der Waals surface area contributed by atoms with Crippen molar-refractivity contribution in [2.24, 2.45) is 0 Å². The monoisotopic (exact) mass is 405 g/mol. The van der Waals surface area contributed by atoms with Crippen LogP contribution in [0.3, 0.4) is 0 Å². The fourth-order valence-corrected chi connectivity index (χ4v) is 4.55. The van der Waals surface area contributed by atoms with Crippen LogP contribution in [0.1, 0.15) is 35.6 Å². The summed E-state index contributed by atoms with van der Waals surface area (Å²) in [6.45, 7) is 1.61. The second kappa shape index (κ2) is 7.61. The SMILES string of the molecule is O=C1C(=O)N(CC2CCCO2)C(c2ccccc2)/C1=C(/O)c1ccc2c(c1)CCO2. The number of fused-ring (bicyclic) bond motifs is 1. The minimum absolute atomic E-state index is 0.0911. The average Bonchev–Trinajstić information content (AvgIpc) is 3.50. The molecule has 2 unspecified atom stereocenters. The van der Waals surface area contributed by atoms with Crippen LogP contribution in [0, 0.1) is 0 Å². The lowest BCUT2D eigenvalue weighted by Crippen LogP contribution is -2.36. The van der Waals surface area contributed by atoms with Crippen molar-refractivity contribution in [3.63, 3.8) is 0 Å². The molecule has 0 aliphatic carbocycles. The number of nitrogens with zero attached hydrogens (tertiary/aromatic N) is 1. The van der Waals surface area contributed by atoms with Crippen molar-refractivity contribution in [2.45, 2.75) is 31.4 Å². The van der Waals surface area contributed by atoms with Crippen LogP contribution in [0.2, 0.25) is 0 Å². The van der Waals surface area contributed by atoms with E-state index in [1.54, 1.807) is 17.0 Å². The van der Waals surface area contributed by atoms with Crippen LogP contribution in [-0.4, -0.2) is 47.6 Å². The van der Waals surface area contributed by atoms with Gasteiger partial charge in [-0.2, -0.15) is 0 Å². The summed E-state index contributed by atoms with van der Waals surface area (Å²) in [4.78, 5) is 27.6. The van der Waals surface area contributed by atoms with Gasteiger partial charge in [-0.1, -0.05) is 30.3 Å². The number of amides is 1. The molecule has 2 aromatic carbocycles. The lowest BCUT2D eigenvalue weighted by atomic mass is 9.94. The fourth-order valence-electron chi connectivity index (χ4n) is 4.55. The zero-order valence-electron chi connectivity index (χ0n) is 16.5. The van der Waals surface area contributed by atoms with Gasteiger partial charge in [0.15, 0.2) is 0 Å². The molecule has 0 saturated carbocycles. The molecule has 2 atom stereocenters. The lowest BCUT2D eigenvalue weighted by Gasteiger charge is -2.27. The summed E-state index contributed by atoms with van der Waals surface area (Å²) in [5, 5.41) is 11.2. The Morgan fingerprint density at radius 2 is 1.93 bits per heavy atom. The maximum absolute atomic E-state index is 13.0. The molecule has 6 heteroatoms. The highest BCUT2D eigenvalue weighted by Gasteiger charge is 2.47. The third-order valence-electron chi connectivity index (χ3n) is 6.04. The summed E-state index contributed by atoms with van der Waals surface area (Å²) in [6, 6.07) is 14.1. The third-order valence-corrected chi connectivity index (χ3v) is 6.04. The largest absolute Gasteiger partial charge is 0.507 e. The van der Waals surface area contributed by atoms with Gasteiger partial charge in [0.25, 0.3) is 11.7 Å². The first-order chi connectivity index (χ1) is 14.6. The van der Waals surface area contributed by atoms with E-state index in [-0.39, 0.29) is 17.4 Å². The van der Waals surface area contributed by atoms with E-state index in [2.05, 4.69) is 0 Å². The van der Waals surface area contributed by atoms with Gasteiger partial charge in [0.05, 0.1) is 24.3 Å². The van der Waals surface area contributed by atoms with E-state index in [0.29, 0.717) is 25.3 Å². The number of hydrogen-bond donors (Lipinski definition) is 1. The molecule has 0 aromatic heterocycles. The van der Waals surface area contributed by atoms with Crippen molar-refractivity contribution in [1.29, 1.82) is 0 Å². The van der Waals surface area contributed by atoms with E-state index < -0.39 is 17.7 Å². The maximum atomic E-state index is 13.0. The van der Waals surface area contributed by atoms with Gasteiger partial charge in [0.2, 0.25) is 0 Å². The van der Waals surface area contributed by atoms with Crippen LogP contribution in [0.5, 0.6) is 5.75 Å². The first-order valence-corrected chi connectivity index (χ1v) is 10.3. The molecule has 2 fully saturated rings. The molecule has 2 saturated heterocycles. The van der Waals surface area contributed by atoms with E-state index in [9.17, 15) is 14.7 Å². The number of ether oxygens (including phenoxy) is 2. The first-order valence-electron chi connectivity index (χ1n) is 10.3. The molecular formula is C24H23NO5. The van der Waals surface area contributed by atoms with E-state index in [1.165, 1.54) is 0 Å². The van der Waals surface area contributed by atoms with Gasteiger partial charge >= 0.3 is 0 Å². The second-order valence-electron chi connectivity index (χ2n) is 7.92. The number of carbonyl (C=O) groups is 2. The molecule has 6 nitrogen and oxygen atoms in total. The van der Waals surface area contributed by atoms with Crippen LogP contribution < -0.4 is 4.74 Å². The lowest BCUT2D eigenvalue weighted by molar-refractivity contribution is -0.140. The minimum atomic E-state index is -0.656. The quantitative estimate of drug-likeness (QED) is 0.480. The highest BCUT2D eigenvalue weighted by molar-refractivity contribution is 6.46.